The van der Waals surface area contributed by atoms with Crippen LogP contribution >= 0.6 is 12.4 Å². The first-order chi connectivity index (χ1) is 10.4. The van der Waals surface area contributed by atoms with E-state index in [2.05, 4.69) is 47.4 Å². The first-order valence-corrected chi connectivity index (χ1v) is 11.9. The molecule has 2 aromatic rings. The van der Waals surface area contributed by atoms with Crippen molar-refractivity contribution in [1.29, 1.82) is 0 Å². The molecule has 0 amide bonds. The quantitative estimate of drug-likeness (QED) is 0.600. The SMILES string of the molecule is C[Si](C)(C)CCOCn1cnc2cc([C@H](N)C3CC3)ccc21.Cl. The van der Waals surface area contributed by atoms with Crippen LogP contribution in [0.5, 0.6) is 0 Å². The summed E-state index contributed by atoms with van der Waals surface area (Å²) in [7, 11) is -1.02. The van der Waals surface area contributed by atoms with Crippen molar-refractivity contribution < 1.29 is 4.74 Å². The number of benzene rings is 1. The van der Waals surface area contributed by atoms with Crippen LogP contribution < -0.4 is 5.73 Å². The Morgan fingerprint density at radius 3 is 2.74 bits per heavy atom. The smallest absolute Gasteiger partial charge is 0.124 e. The molecule has 1 aromatic heterocycles. The van der Waals surface area contributed by atoms with Crippen molar-refractivity contribution in [2.75, 3.05) is 6.61 Å². The Balaban J connectivity index is 0.00000192. The van der Waals surface area contributed by atoms with Crippen molar-refractivity contribution in [2.24, 2.45) is 11.7 Å². The van der Waals surface area contributed by atoms with Gasteiger partial charge in [-0.3, -0.25) is 0 Å². The molecule has 128 valence electrons. The van der Waals surface area contributed by atoms with E-state index in [1.165, 1.54) is 24.4 Å². The summed E-state index contributed by atoms with van der Waals surface area (Å²) in [6.45, 7) is 8.52. The van der Waals surface area contributed by atoms with E-state index in [0.717, 1.165) is 17.6 Å². The maximum atomic E-state index is 6.28. The van der Waals surface area contributed by atoms with E-state index in [4.69, 9.17) is 10.5 Å². The van der Waals surface area contributed by atoms with Crippen LogP contribution in [0.25, 0.3) is 11.0 Å². The molecule has 1 saturated carbocycles. The van der Waals surface area contributed by atoms with E-state index >= 15 is 0 Å². The number of rotatable bonds is 7. The molecule has 0 saturated heterocycles. The molecule has 23 heavy (non-hydrogen) atoms. The second-order valence-corrected chi connectivity index (χ2v) is 13.3. The van der Waals surface area contributed by atoms with E-state index in [0.29, 0.717) is 12.6 Å². The maximum absolute atomic E-state index is 6.28. The zero-order valence-corrected chi connectivity index (χ0v) is 16.1. The molecular weight excluding hydrogens is 326 g/mol. The first-order valence-electron chi connectivity index (χ1n) is 8.22. The summed E-state index contributed by atoms with van der Waals surface area (Å²) in [4.78, 5) is 4.51. The van der Waals surface area contributed by atoms with Crippen molar-refractivity contribution >= 4 is 31.5 Å². The van der Waals surface area contributed by atoms with Gasteiger partial charge in [-0.15, -0.1) is 12.4 Å². The molecule has 0 bridgehead atoms. The Labute approximate surface area is 145 Å². The van der Waals surface area contributed by atoms with Gasteiger partial charge in [-0.25, -0.2) is 4.98 Å². The van der Waals surface area contributed by atoms with E-state index in [9.17, 15) is 0 Å². The third-order valence-electron chi connectivity index (χ3n) is 4.39. The van der Waals surface area contributed by atoms with Gasteiger partial charge in [0.2, 0.25) is 0 Å². The van der Waals surface area contributed by atoms with Crippen LogP contribution in [0.3, 0.4) is 0 Å². The van der Waals surface area contributed by atoms with Crippen LogP contribution in [0.4, 0.5) is 0 Å². The second-order valence-electron chi connectivity index (χ2n) is 7.67. The van der Waals surface area contributed by atoms with E-state index in [1.807, 2.05) is 6.33 Å². The Morgan fingerprint density at radius 1 is 1.35 bits per heavy atom. The summed E-state index contributed by atoms with van der Waals surface area (Å²) in [6, 6.07) is 7.77. The van der Waals surface area contributed by atoms with Gasteiger partial charge >= 0.3 is 0 Å². The highest BCUT2D eigenvalue weighted by atomic mass is 35.5. The molecular formula is C17H28ClN3OSi. The maximum Gasteiger partial charge on any atom is 0.124 e. The lowest BCUT2D eigenvalue weighted by Crippen LogP contribution is -2.21. The summed E-state index contributed by atoms with van der Waals surface area (Å²) in [5.74, 6) is 0.671. The highest BCUT2D eigenvalue weighted by Crippen LogP contribution is 2.39. The van der Waals surface area contributed by atoms with Crippen molar-refractivity contribution in [3.63, 3.8) is 0 Å². The van der Waals surface area contributed by atoms with Crippen molar-refractivity contribution in [3.05, 3.63) is 30.1 Å². The standard InChI is InChI=1S/C17H27N3OSi.ClH/c1-22(2,3)9-8-21-12-20-11-19-15-10-14(6-7-16(15)20)17(18)13-4-5-13;/h6-7,10-11,13,17H,4-5,8-9,12,18H2,1-3H3;1H/t17-;/m1./s1. The van der Waals surface area contributed by atoms with Crippen LogP contribution in [-0.2, 0) is 11.5 Å². The van der Waals surface area contributed by atoms with Gasteiger partial charge < -0.3 is 15.0 Å². The monoisotopic (exact) mass is 353 g/mol. The lowest BCUT2D eigenvalue weighted by atomic mass is 10.0. The fourth-order valence-corrected chi connectivity index (χ4v) is 3.42. The Kier molecular flexibility index (Phi) is 5.89. The highest BCUT2D eigenvalue weighted by molar-refractivity contribution is 6.76. The van der Waals surface area contributed by atoms with E-state index in [-0.39, 0.29) is 18.4 Å². The lowest BCUT2D eigenvalue weighted by Gasteiger charge is -2.15. The Bertz CT molecular complexity index is 649. The molecule has 4 nitrogen and oxygen atoms in total. The van der Waals surface area contributed by atoms with Crippen molar-refractivity contribution in [3.8, 4) is 0 Å². The van der Waals surface area contributed by atoms with Gasteiger partial charge in [-0.1, -0.05) is 25.7 Å². The molecule has 1 aromatic carbocycles. The molecule has 0 aliphatic heterocycles. The molecule has 6 heteroatoms. The molecule has 2 N–H and O–H groups in total. The van der Waals surface area contributed by atoms with Crippen molar-refractivity contribution in [1.82, 2.24) is 9.55 Å². The largest absolute Gasteiger partial charge is 0.361 e. The first kappa shape index (κ1) is 18.5. The summed E-state index contributed by atoms with van der Waals surface area (Å²) in [5, 5.41) is 0. The van der Waals surface area contributed by atoms with Gasteiger partial charge in [0, 0.05) is 20.7 Å². The van der Waals surface area contributed by atoms with Crippen LogP contribution in [0.2, 0.25) is 25.7 Å². The van der Waals surface area contributed by atoms with E-state index in [1.54, 1.807) is 0 Å². The van der Waals surface area contributed by atoms with Gasteiger partial charge in [0.05, 0.1) is 17.4 Å². The molecule has 0 spiro atoms. The fraction of sp³-hybridized carbons (Fsp3) is 0.588. The molecule has 0 radical (unpaired) electrons. The average molecular weight is 354 g/mol. The topological polar surface area (TPSA) is 53.1 Å². The minimum Gasteiger partial charge on any atom is -0.361 e. The molecule has 0 unspecified atom stereocenters. The summed E-state index contributed by atoms with van der Waals surface area (Å²) in [5.41, 5.74) is 9.63. The number of aromatic nitrogens is 2. The van der Waals surface area contributed by atoms with Gasteiger partial charge in [-0.05, 0) is 42.5 Å². The van der Waals surface area contributed by atoms with Gasteiger partial charge in [0.25, 0.3) is 0 Å². The molecule has 1 fully saturated rings. The lowest BCUT2D eigenvalue weighted by molar-refractivity contribution is 0.0898. The molecule has 3 rings (SSSR count). The molecule has 1 heterocycles. The summed E-state index contributed by atoms with van der Waals surface area (Å²) >= 11 is 0. The van der Waals surface area contributed by atoms with Crippen LogP contribution in [0, 0.1) is 5.92 Å². The number of hydrogen-bond acceptors (Lipinski definition) is 3. The fourth-order valence-electron chi connectivity index (χ4n) is 2.66. The number of fused-ring (bicyclic) bond motifs is 1. The Hall–Kier alpha value is -0.883. The third-order valence-corrected chi connectivity index (χ3v) is 6.09. The van der Waals surface area contributed by atoms with Crippen LogP contribution in [0.1, 0.15) is 24.4 Å². The summed E-state index contributed by atoms with van der Waals surface area (Å²) in [6.07, 6.45) is 4.39. The number of nitrogens with zero attached hydrogens (tertiary/aromatic N) is 2. The van der Waals surface area contributed by atoms with Gasteiger partial charge in [0.15, 0.2) is 0 Å². The number of hydrogen-bond donors (Lipinski definition) is 1. The zero-order chi connectivity index (χ0) is 15.7. The molecule has 1 aliphatic rings. The van der Waals surface area contributed by atoms with E-state index < -0.39 is 8.07 Å². The molecule has 1 atom stereocenters. The zero-order valence-electron chi connectivity index (χ0n) is 14.3. The van der Waals surface area contributed by atoms with Crippen molar-refractivity contribution in [2.45, 2.75) is 51.3 Å². The normalized spacial score (nSPS) is 16.3. The third kappa shape index (κ3) is 4.80. The highest BCUT2D eigenvalue weighted by Gasteiger charge is 2.29. The minimum absolute atomic E-state index is 0. The van der Waals surface area contributed by atoms with Crippen LogP contribution in [-0.4, -0.2) is 24.2 Å². The average Bonchev–Trinajstić information content (AvgIpc) is 3.23. The Morgan fingerprint density at radius 2 is 2.09 bits per heavy atom. The number of ether oxygens (including phenoxy) is 1. The molecule has 1 aliphatic carbocycles. The predicted molar refractivity (Wildman–Crippen MR) is 101 cm³/mol. The van der Waals surface area contributed by atoms with Crippen LogP contribution in [0.15, 0.2) is 24.5 Å². The second kappa shape index (κ2) is 7.34. The summed E-state index contributed by atoms with van der Waals surface area (Å²) < 4.78 is 7.90. The van der Waals surface area contributed by atoms with Gasteiger partial charge in [0.1, 0.15) is 6.73 Å². The number of halogens is 1. The number of nitrogens with two attached hydrogens (primary N) is 1. The van der Waals surface area contributed by atoms with Gasteiger partial charge in [-0.2, -0.15) is 0 Å². The predicted octanol–water partition coefficient (Wildman–Crippen LogP) is 4.18. The number of imidazole rings is 1. The minimum atomic E-state index is -1.02.